The number of carbonyl (C=O) groups is 3. The molecule has 9 heteroatoms. The van der Waals surface area contributed by atoms with E-state index < -0.39 is 17.8 Å². The maximum absolute atomic E-state index is 12.2. The van der Waals surface area contributed by atoms with Crippen LogP contribution in [0.25, 0.3) is 0 Å². The minimum Gasteiger partial charge on any atom is -0.340 e. The van der Waals surface area contributed by atoms with E-state index >= 15 is 0 Å². The molecule has 1 aliphatic rings. The first-order chi connectivity index (χ1) is 10.6. The molecule has 0 saturated carbocycles. The number of hydrogen-bond acceptors (Lipinski definition) is 7. The van der Waals surface area contributed by atoms with Crippen LogP contribution in [0, 0.1) is 6.92 Å². The summed E-state index contributed by atoms with van der Waals surface area (Å²) in [6, 6.07) is 3.16. The predicted octanol–water partition coefficient (Wildman–Crippen LogP) is 0.973. The maximum Gasteiger partial charge on any atom is 0.334 e. The molecule has 0 radical (unpaired) electrons. The topological polar surface area (TPSA) is 96.6 Å². The van der Waals surface area contributed by atoms with Crippen LogP contribution < -0.4 is 0 Å². The van der Waals surface area contributed by atoms with Gasteiger partial charge in [0.2, 0.25) is 5.89 Å². The molecule has 0 unspecified atom stereocenters. The normalized spacial score (nSPS) is 15.2. The molecule has 0 bridgehead atoms. The molecule has 1 saturated heterocycles. The number of hydrogen-bond donors (Lipinski definition) is 0. The monoisotopic (exact) mass is 320 g/mol. The second kappa shape index (κ2) is 5.68. The van der Waals surface area contributed by atoms with Gasteiger partial charge in [-0.2, -0.15) is 4.98 Å². The van der Waals surface area contributed by atoms with E-state index in [1.54, 1.807) is 6.92 Å². The van der Waals surface area contributed by atoms with Gasteiger partial charge in [0, 0.05) is 24.8 Å². The Morgan fingerprint density at radius 3 is 2.64 bits per heavy atom. The van der Waals surface area contributed by atoms with Crippen LogP contribution in [0.4, 0.5) is 4.79 Å². The Kier molecular flexibility index (Phi) is 3.72. The zero-order valence-corrected chi connectivity index (χ0v) is 12.5. The highest BCUT2D eigenvalue weighted by atomic mass is 32.1. The van der Waals surface area contributed by atoms with Gasteiger partial charge < -0.3 is 4.52 Å². The number of imide groups is 2. The van der Waals surface area contributed by atoms with Crippen molar-refractivity contribution in [2.75, 3.05) is 6.54 Å². The average Bonchev–Trinajstić information content (AvgIpc) is 3.18. The summed E-state index contributed by atoms with van der Waals surface area (Å²) in [5.41, 5.74) is 0. The van der Waals surface area contributed by atoms with Crippen molar-refractivity contribution in [2.24, 2.45) is 0 Å². The van der Waals surface area contributed by atoms with Gasteiger partial charge in [-0.1, -0.05) is 11.2 Å². The van der Waals surface area contributed by atoms with E-state index in [9.17, 15) is 14.4 Å². The van der Waals surface area contributed by atoms with Gasteiger partial charge in [-0.05, 0) is 11.4 Å². The highest BCUT2D eigenvalue weighted by Crippen LogP contribution is 2.17. The van der Waals surface area contributed by atoms with Gasteiger partial charge in [0.25, 0.3) is 0 Å². The zero-order valence-electron chi connectivity index (χ0n) is 11.7. The first-order valence-corrected chi connectivity index (χ1v) is 7.43. The Labute approximate surface area is 129 Å². The number of rotatable bonds is 5. The van der Waals surface area contributed by atoms with Crippen molar-refractivity contribution >= 4 is 29.2 Å². The SMILES string of the molecule is Cc1nc(CN2C(=O)C(=O)N(CCc3cccs3)C2=O)no1. The van der Waals surface area contributed by atoms with Crippen LogP contribution in [0.15, 0.2) is 22.0 Å². The molecule has 0 N–H and O–H groups in total. The third-order valence-electron chi connectivity index (χ3n) is 3.17. The predicted molar refractivity (Wildman–Crippen MR) is 74.7 cm³/mol. The van der Waals surface area contributed by atoms with Gasteiger partial charge in [0.05, 0.1) is 6.54 Å². The van der Waals surface area contributed by atoms with Crippen LogP contribution >= 0.6 is 11.3 Å². The summed E-state index contributed by atoms with van der Waals surface area (Å²) in [4.78, 5) is 42.8. The summed E-state index contributed by atoms with van der Waals surface area (Å²) in [5.74, 6) is -1.16. The molecular weight excluding hydrogens is 308 g/mol. The first kappa shape index (κ1) is 14.4. The standard InChI is InChI=1S/C13H12N4O4S/c1-8-14-10(15-21-8)7-17-12(19)11(18)16(13(17)20)5-4-9-3-2-6-22-9/h2-3,6H,4-5,7H2,1H3. The fraction of sp³-hybridized carbons (Fsp3) is 0.308. The molecule has 0 spiro atoms. The number of carbonyl (C=O) groups excluding carboxylic acids is 3. The van der Waals surface area contributed by atoms with E-state index in [-0.39, 0.29) is 18.9 Å². The van der Waals surface area contributed by atoms with E-state index in [1.165, 1.54) is 11.3 Å². The van der Waals surface area contributed by atoms with Crippen molar-refractivity contribution in [3.63, 3.8) is 0 Å². The number of urea groups is 1. The quantitative estimate of drug-likeness (QED) is 0.601. The molecule has 3 heterocycles. The molecule has 2 aromatic heterocycles. The van der Waals surface area contributed by atoms with Crippen LogP contribution in [0.2, 0.25) is 0 Å². The van der Waals surface area contributed by atoms with Crippen molar-refractivity contribution < 1.29 is 18.9 Å². The second-order valence-electron chi connectivity index (χ2n) is 4.69. The molecular formula is C13H12N4O4S. The Hall–Kier alpha value is -2.55. The number of nitrogens with zero attached hydrogens (tertiary/aromatic N) is 4. The summed E-state index contributed by atoms with van der Waals surface area (Å²) < 4.78 is 4.79. The summed E-state index contributed by atoms with van der Waals surface area (Å²) in [6.45, 7) is 1.60. The lowest BCUT2D eigenvalue weighted by atomic mass is 10.3. The first-order valence-electron chi connectivity index (χ1n) is 6.55. The van der Waals surface area contributed by atoms with Gasteiger partial charge in [-0.15, -0.1) is 11.3 Å². The van der Waals surface area contributed by atoms with E-state index in [1.807, 2.05) is 17.5 Å². The Bertz CT molecular complexity index is 724. The second-order valence-corrected chi connectivity index (χ2v) is 5.72. The lowest BCUT2D eigenvalue weighted by Crippen LogP contribution is -2.34. The van der Waals surface area contributed by atoms with Crippen LogP contribution in [-0.2, 0) is 22.6 Å². The molecule has 3 rings (SSSR count). The van der Waals surface area contributed by atoms with E-state index in [0.717, 1.165) is 14.7 Å². The number of amides is 4. The average molecular weight is 320 g/mol. The molecule has 1 fully saturated rings. The fourth-order valence-corrected chi connectivity index (χ4v) is 2.81. The number of aromatic nitrogens is 2. The molecule has 0 atom stereocenters. The Morgan fingerprint density at radius 2 is 2.00 bits per heavy atom. The molecule has 1 aliphatic heterocycles. The summed E-state index contributed by atoms with van der Waals surface area (Å²) >= 11 is 1.54. The number of thiophene rings is 1. The van der Waals surface area contributed by atoms with Crippen molar-refractivity contribution in [1.82, 2.24) is 19.9 Å². The highest BCUT2D eigenvalue weighted by Gasteiger charge is 2.44. The van der Waals surface area contributed by atoms with Gasteiger partial charge in [-0.3, -0.25) is 14.5 Å². The lowest BCUT2D eigenvalue weighted by Gasteiger charge is -2.13. The van der Waals surface area contributed by atoms with Gasteiger partial charge in [0.1, 0.15) is 0 Å². The molecule has 0 aromatic carbocycles. The van der Waals surface area contributed by atoms with E-state index in [4.69, 9.17) is 4.52 Å². The van der Waals surface area contributed by atoms with Gasteiger partial charge in [-0.25, -0.2) is 9.69 Å². The van der Waals surface area contributed by atoms with Crippen LogP contribution in [0.3, 0.4) is 0 Å². The van der Waals surface area contributed by atoms with Gasteiger partial charge in [0.15, 0.2) is 5.82 Å². The molecule has 8 nitrogen and oxygen atoms in total. The smallest absolute Gasteiger partial charge is 0.334 e. The van der Waals surface area contributed by atoms with Crippen molar-refractivity contribution in [3.05, 3.63) is 34.1 Å². The van der Waals surface area contributed by atoms with Crippen molar-refractivity contribution in [2.45, 2.75) is 19.9 Å². The zero-order chi connectivity index (χ0) is 15.7. The molecule has 114 valence electrons. The molecule has 0 aliphatic carbocycles. The van der Waals surface area contributed by atoms with E-state index in [2.05, 4.69) is 10.1 Å². The Morgan fingerprint density at radius 1 is 1.23 bits per heavy atom. The fourth-order valence-electron chi connectivity index (χ4n) is 2.11. The summed E-state index contributed by atoms with van der Waals surface area (Å²) in [6.07, 6.45) is 0.525. The summed E-state index contributed by atoms with van der Waals surface area (Å²) in [5, 5.41) is 5.54. The van der Waals surface area contributed by atoms with Crippen LogP contribution in [-0.4, -0.2) is 44.3 Å². The highest BCUT2D eigenvalue weighted by molar-refractivity contribution is 7.09. The van der Waals surface area contributed by atoms with Crippen LogP contribution in [0.1, 0.15) is 16.6 Å². The van der Waals surface area contributed by atoms with Crippen molar-refractivity contribution in [3.8, 4) is 0 Å². The molecule has 4 amide bonds. The van der Waals surface area contributed by atoms with Crippen molar-refractivity contribution in [1.29, 1.82) is 0 Å². The van der Waals surface area contributed by atoms with Gasteiger partial charge >= 0.3 is 17.8 Å². The molecule has 22 heavy (non-hydrogen) atoms. The minimum atomic E-state index is -0.862. The largest absolute Gasteiger partial charge is 0.340 e. The lowest BCUT2D eigenvalue weighted by molar-refractivity contribution is -0.143. The Balaban J connectivity index is 1.69. The molecule has 2 aromatic rings. The number of aryl methyl sites for hydroxylation is 1. The maximum atomic E-state index is 12.2. The van der Waals surface area contributed by atoms with Crippen LogP contribution in [0.5, 0.6) is 0 Å². The third-order valence-corrected chi connectivity index (χ3v) is 4.10. The van der Waals surface area contributed by atoms with E-state index in [0.29, 0.717) is 12.3 Å². The third kappa shape index (κ3) is 2.62. The summed E-state index contributed by atoms with van der Waals surface area (Å²) in [7, 11) is 0. The minimum absolute atomic E-state index is 0.170.